The first-order chi connectivity index (χ1) is 6.63. The number of hydrogen-bond donors (Lipinski definition) is 1. The standard InChI is InChI=1S/C10H12Cl2O2/c1-7-2-3-9(12)10(4-7)14-6-8(13)5-11/h2-4,8,13H,5-6H2,1H3. The zero-order valence-corrected chi connectivity index (χ0v) is 9.35. The van der Waals surface area contributed by atoms with Gasteiger partial charge in [0.05, 0.1) is 10.9 Å². The number of aliphatic hydroxyl groups excluding tert-OH is 1. The van der Waals surface area contributed by atoms with E-state index in [0.717, 1.165) is 5.56 Å². The number of halogens is 2. The predicted octanol–water partition coefficient (Wildman–Crippen LogP) is 2.63. The lowest BCUT2D eigenvalue weighted by molar-refractivity contribution is 0.125. The van der Waals surface area contributed by atoms with E-state index in [-0.39, 0.29) is 12.5 Å². The third-order valence-corrected chi connectivity index (χ3v) is 2.36. The Bertz CT molecular complexity index is 302. The minimum atomic E-state index is -0.659. The summed E-state index contributed by atoms with van der Waals surface area (Å²) in [6.45, 7) is 2.10. The highest BCUT2D eigenvalue weighted by atomic mass is 35.5. The highest BCUT2D eigenvalue weighted by molar-refractivity contribution is 6.32. The maximum absolute atomic E-state index is 9.18. The van der Waals surface area contributed by atoms with Crippen molar-refractivity contribution in [3.8, 4) is 5.75 Å². The van der Waals surface area contributed by atoms with Gasteiger partial charge in [0, 0.05) is 0 Å². The van der Waals surface area contributed by atoms with Crippen LogP contribution in [0, 0.1) is 6.92 Å². The van der Waals surface area contributed by atoms with Gasteiger partial charge in [-0.3, -0.25) is 0 Å². The lowest BCUT2D eigenvalue weighted by Gasteiger charge is -2.11. The van der Waals surface area contributed by atoms with Crippen LogP contribution in [0.2, 0.25) is 5.02 Å². The summed E-state index contributed by atoms with van der Waals surface area (Å²) in [5.41, 5.74) is 1.06. The van der Waals surface area contributed by atoms with Crippen LogP contribution in [0.5, 0.6) is 5.75 Å². The molecular formula is C10H12Cl2O2. The topological polar surface area (TPSA) is 29.5 Å². The summed E-state index contributed by atoms with van der Waals surface area (Å²) in [5.74, 6) is 0.736. The van der Waals surface area contributed by atoms with Gasteiger partial charge in [-0.15, -0.1) is 11.6 Å². The van der Waals surface area contributed by atoms with Crippen LogP contribution in [0.3, 0.4) is 0 Å². The van der Waals surface area contributed by atoms with Crippen LogP contribution in [0.4, 0.5) is 0 Å². The molecule has 1 atom stereocenters. The Morgan fingerprint density at radius 3 is 2.86 bits per heavy atom. The molecule has 0 spiro atoms. The number of ether oxygens (including phenoxy) is 1. The highest BCUT2D eigenvalue weighted by Gasteiger charge is 2.05. The van der Waals surface area contributed by atoms with Crippen molar-refractivity contribution in [1.29, 1.82) is 0 Å². The second-order valence-electron chi connectivity index (χ2n) is 3.05. The Morgan fingerprint density at radius 2 is 2.21 bits per heavy atom. The molecule has 0 heterocycles. The number of aliphatic hydroxyl groups is 1. The molecule has 0 aliphatic rings. The number of benzene rings is 1. The Labute approximate surface area is 93.4 Å². The number of alkyl halides is 1. The lowest BCUT2D eigenvalue weighted by Crippen LogP contribution is -2.18. The van der Waals surface area contributed by atoms with Gasteiger partial charge in [-0.05, 0) is 24.6 Å². The van der Waals surface area contributed by atoms with Crippen LogP contribution in [0.15, 0.2) is 18.2 Å². The van der Waals surface area contributed by atoms with Crippen LogP contribution < -0.4 is 4.74 Å². The Balaban J connectivity index is 2.62. The number of aryl methyl sites for hydroxylation is 1. The first kappa shape index (κ1) is 11.6. The molecule has 1 aromatic rings. The molecule has 4 heteroatoms. The van der Waals surface area contributed by atoms with Crippen LogP contribution >= 0.6 is 23.2 Å². The van der Waals surface area contributed by atoms with Crippen LogP contribution in [-0.2, 0) is 0 Å². The third kappa shape index (κ3) is 3.37. The molecule has 0 aliphatic carbocycles. The van der Waals surface area contributed by atoms with Gasteiger partial charge in [-0.25, -0.2) is 0 Å². The van der Waals surface area contributed by atoms with E-state index in [1.165, 1.54) is 0 Å². The van der Waals surface area contributed by atoms with Gasteiger partial charge in [0.25, 0.3) is 0 Å². The van der Waals surface area contributed by atoms with E-state index in [2.05, 4.69) is 0 Å². The monoisotopic (exact) mass is 234 g/mol. The van der Waals surface area contributed by atoms with Crippen molar-refractivity contribution in [2.24, 2.45) is 0 Å². The Morgan fingerprint density at radius 1 is 1.50 bits per heavy atom. The van der Waals surface area contributed by atoms with Crippen molar-refractivity contribution in [3.05, 3.63) is 28.8 Å². The minimum Gasteiger partial charge on any atom is -0.489 e. The molecule has 1 aromatic carbocycles. The third-order valence-electron chi connectivity index (χ3n) is 1.70. The van der Waals surface area contributed by atoms with Crippen LogP contribution in [-0.4, -0.2) is 23.7 Å². The van der Waals surface area contributed by atoms with Crippen molar-refractivity contribution in [2.75, 3.05) is 12.5 Å². The predicted molar refractivity (Wildman–Crippen MR) is 58.4 cm³/mol. The van der Waals surface area contributed by atoms with E-state index in [4.69, 9.17) is 27.9 Å². The zero-order chi connectivity index (χ0) is 10.6. The molecule has 1 N–H and O–H groups in total. The molecule has 2 nitrogen and oxygen atoms in total. The zero-order valence-electron chi connectivity index (χ0n) is 7.84. The van der Waals surface area contributed by atoms with E-state index in [1.54, 1.807) is 6.07 Å². The first-order valence-corrected chi connectivity index (χ1v) is 5.17. The SMILES string of the molecule is Cc1ccc(Cl)c(OCC(O)CCl)c1. The summed E-state index contributed by atoms with van der Waals surface area (Å²) >= 11 is 11.3. The number of rotatable bonds is 4. The van der Waals surface area contributed by atoms with Gasteiger partial charge in [-0.2, -0.15) is 0 Å². The average molecular weight is 235 g/mol. The summed E-state index contributed by atoms with van der Waals surface area (Å²) in [5, 5.41) is 9.72. The Kier molecular flexibility index (Phi) is 4.52. The summed E-state index contributed by atoms with van der Waals surface area (Å²) in [7, 11) is 0. The molecule has 14 heavy (non-hydrogen) atoms. The average Bonchev–Trinajstić information content (AvgIpc) is 2.19. The van der Waals surface area contributed by atoms with Crippen LogP contribution in [0.25, 0.3) is 0 Å². The maximum atomic E-state index is 9.18. The highest BCUT2D eigenvalue weighted by Crippen LogP contribution is 2.25. The van der Waals surface area contributed by atoms with Crippen molar-refractivity contribution < 1.29 is 9.84 Å². The molecule has 0 aliphatic heterocycles. The summed E-state index contributed by atoms with van der Waals surface area (Å²) < 4.78 is 5.30. The van der Waals surface area contributed by atoms with Crippen molar-refractivity contribution in [1.82, 2.24) is 0 Å². The van der Waals surface area contributed by atoms with Gasteiger partial charge >= 0.3 is 0 Å². The molecule has 0 amide bonds. The van der Waals surface area contributed by atoms with E-state index in [1.807, 2.05) is 19.1 Å². The molecule has 0 aromatic heterocycles. The molecule has 0 radical (unpaired) electrons. The molecule has 0 saturated heterocycles. The quantitative estimate of drug-likeness (QED) is 0.813. The molecule has 0 bridgehead atoms. The van der Waals surface area contributed by atoms with E-state index in [0.29, 0.717) is 10.8 Å². The molecule has 1 unspecified atom stereocenters. The van der Waals surface area contributed by atoms with Crippen molar-refractivity contribution in [2.45, 2.75) is 13.0 Å². The summed E-state index contributed by atoms with van der Waals surface area (Å²) in [4.78, 5) is 0. The molecule has 0 fully saturated rings. The second kappa shape index (κ2) is 5.44. The van der Waals surface area contributed by atoms with Gasteiger partial charge in [0.2, 0.25) is 0 Å². The summed E-state index contributed by atoms with van der Waals surface area (Å²) in [6.07, 6.45) is -0.659. The van der Waals surface area contributed by atoms with E-state index >= 15 is 0 Å². The van der Waals surface area contributed by atoms with Crippen molar-refractivity contribution >= 4 is 23.2 Å². The fourth-order valence-electron chi connectivity index (χ4n) is 0.952. The lowest BCUT2D eigenvalue weighted by atomic mass is 10.2. The largest absolute Gasteiger partial charge is 0.489 e. The summed E-state index contributed by atoms with van der Waals surface area (Å²) in [6, 6.07) is 5.48. The van der Waals surface area contributed by atoms with E-state index in [9.17, 15) is 5.11 Å². The first-order valence-electron chi connectivity index (χ1n) is 4.26. The minimum absolute atomic E-state index is 0.156. The van der Waals surface area contributed by atoms with E-state index < -0.39 is 6.10 Å². The number of hydrogen-bond acceptors (Lipinski definition) is 2. The van der Waals surface area contributed by atoms with Gasteiger partial charge in [0.15, 0.2) is 0 Å². The fourth-order valence-corrected chi connectivity index (χ4v) is 1.21. The van der Waals surface area contributed by atoms with Crippen molar-refractivity contribution in [3.63, 3.8) is 0 Å². The maximum Gasteiger partial charge on any atom is 0.138 e. The smallest absolute Gasteiger partial charge is 0.138 e. The second-order valence-corrected chi connectivity index (χ2v) is 3.77. The molecule has 78 valence electrons. The molecule has 0 saturated carbocycles. The Hall–Kier alpha value is -0.440. The molecular weight excluding hydrogens is 223 g/mol. The molecule has 1 rings (SSSR count). The van der Waals surface area contributed by atoms with Gasteiger partial charge < -0.3 is 9.84 Å². The normalized spacial score (nSPS) is 12.6. The van der Waals surface area contributed by atoms with Gasteiger partial charge in [0.1, 0.15) is 18.5 Å². The van der Waals surface area contributed by atoms with Crippen LogP contribution in [0.1, 0.15) is 5.56 Å². The fraction of sp³-hybridized carbons (Fsp3) is 0.400. The van der Waals surface area contributed by atoms with Gasteiger partial charge in [-0.1, -0.05) is 17.7 Å².